The lowest BCUT2D eigenvalue weighted by Gasteiger charge is -2.25. The topological polar surface area (TPSA) is 24.5 Å². The van der Waals surface area contributed by atoms with Gasteiger partial charge in [0, 0.05) is 32.8 Å². The van der Waals surface area contributed by atoms with E-state index >= 15 is 0 Å². The number of nitrogens with one attached hydrogen (secondary N) is 1. The van der Waals surface area contributed by atoms with E-state index in [1.165, 1.54) is 17.5 Å². The molecule has 1 N–H and O–H groups in total. The third-order valence-corrected chi connectivity index (χ3v) is 4.09. The first-order valence-electron chi connectivity index (χ1n) is 7.78. The molecule has 0 bridgehead atoms. The van der Waals surface area contributed by atoms with Gasteiger partial charge in [0.15, 0.2) is 0 Å². The van der Waals surface area contributed by atoms with Gasteiger partial charge in [-0.1, -0.05) is 36.8 Å². The van der Waals surface area contributed by atoms with Crippen molar-refractivity contribution in [3.8, 4) is 0 Å². The molecule has 20 heavy (non-hydrogen) atoms. The van der Waals surface area contributed by atoms with E-state index in [1.807, 2.05) is 7.11 Å². The van der Waals surface area contributed by atoms with Crippen molar-refractivity contribution in [1.29, 1.82) is 0 Å². The quantitative estimate of drug-likeness (QED) is 0.829. The fraction of sp³-hybridized carbons (Fsp3) is 0.647. The Labute approximate surface area is 123 Å². The number of hydrogen-bond donors (Lipinski definition) is 1. The van der Waals surface area contributed by atoms with Gasteiger partial charge in [0.2, 0.25) is 0 Å². The van der Waals surface area contributed by atoms with Gasteiger partial charge in [-0.25, -0.2) is 0 Å². The molecule has 2 atom stereocenters. The van der Waals surface area contributed by atoms with Crippen molar-refractivity contribution in [2.75, 3.05) is 33.3 Å². The largest absolute Gasteiger partial charge is 0.380 e. The van der Waals surface area contributed by atoms with Crippen LogP contribution in [0.1, 0.15) is 36.9 Å². The number of benzene rings is 1. The van der Waals surface area contributed by atoms with Crippen LogP contribution >= 0.6 is 0 Å². The van der Waals surface area contributed by atoms with Crippen molar-refractivity contribution < 1.29 is 4.74 Å². The standard InChI is InChI=1S/C17H28N2O/c1-4-9-18-17(15-7-5-6-14(2)11-15)13-19-10-8-16(12-19)20-3/h5-7,11,16-18H,4,8-10,12-13H2,1-3H3. The van der Waals surface area contributed by atoms with Crippen molar-refractivity contribution in [2.24, 2.45) is 0 Å². The number of hydrogen-bond acceptors (Lipinski definition) is 3. The molecule has 1 heterocycles. The van der Waals surface area contributed by atoms with Gasteiger partial charge in [0.25, 0.3) is 0 Å². The number of methoxy groups -OCH3 is 1. The van der Waals surface area contributed by atoms with Gasteiger partial charge in [-0.3, -0.25) is 4.90 Å². The van der Waals surface area contributed by atoms with E-state index < -0.39 is 0 Å². The third-order valence-electron chi connectivity index (χ3n) is 4.09. The van der Waals surface area contributed by atoms with E-state index in [4.69, 9.17) is 4.74 Å². The van der Waals surface area contributed by atoms with Crippen molar-refractivity contribution in [3.05, 3.63) is 35.4 Å². The monoisotopic (exact) mass is 276 g/mol. The van der Waals surface area contributed by atoms with E-state index in [1.54, 1.807) is 0 Å². The van der Waals surface area contributed by atoms with E-state index in [-0.39, 0.29) is 0 Å². The maximum Gasteiger partial charge on any atom is 0.0710 e. The van der Waals surface area contributed by atoms with Crippen molar-refractivity contribution in [2.45, 2.75) is 38.8 Å². The minimum Gasteiger partial charge on any atom is -0.380 e. The summed E-state index contributed by atoms with van der Waals surface area (Å²) in [7, 11) is 1.82. The van der Waals surface area contributed by atoms with Crippen LogP contribution < -0.4 is 5.32 Å². The van der Waals surface area contributed by atoms with Gasteiger partial charge in [0.1, 0.15) is 0 Å². The Morgan fingerprint density at radius 1 is 1.45 bits per heavy atom. The summed E-state index contributed by atoms with van der Waals surface area (Å²) in [5, 5.41) is 3.69. The molecule has 112 valence electrons. The molecule has 1 fully saturated rings. The number of likely N-dealkylation sites (tertiary alicyclic amines) is 1. The van der Waals surface area contributed by atoms with Crippen LogP contribution in [0.2, 0.25) is 0 Å². The first kappa shape index (κ1) is 15.5. The van der Waals surface area contributed by atoms with Crippen LogP contribution in [-0.4, -0.2) is 44.3 Å². The zero-order valence-electron chi connectivity index (χ0n) is 13.1. The molecule has 1 saturated heterocycles. The van der Waals surface area contributed by atoms with Crippen LogP contribution in [0.4, 0.5) is 0 Å². The minimum absolute atomic E-state index is 0.416. The highest BCUT2D eigenvalue weighted by Crippen LogP contribution is 2.20. The van der Waals surface area contributed by atoms with E-state index in [9.17, 15) is 0 Å². The second-order valence-corrected chi connectivity index (χ2v) is 5.83. The Balaban J connectivity index is 2.00. The molecular weight excluding hydrogens is 248 g/mol. The molecule has 1 aliphatic rings. The van der Waals surface area contributed by atoms with Gasteiger partial charge >= 0.3 is 0 Å². The highest BCUT2D eigenvalue weighted by atomic mass is 16.5. The summed E-state index contributed by atoms with van der Waals surface area (Å²) in [5.74, 6) is 0. The molecule has 0 aliphatic carbocycles. The average Bonchev–Trinajstić information content (AvgIpc) is 2.91. The van der Waals surface area contributed by atoms with E-state index in [2.05, 4.69) is 48.3 Å². The Morgan fingerprint density at radius 2 is 2.30 bits per heavy atom. The van der Waals surface area contributed by atoms with Crippen molar-refractivity contribution >= 4 is 0 Å². The van der Waals surface area contributed by atoms with Crippen LogP contribution in [0.15, 0.2) is 24.3 Å². The molecule has 2 unspecified atom stereocenters. The lowest BCUT2D eigenvalue weighted by molar-refractivity contribution is 0.106. The predicted octanol–water partition coefficient (Wildman–Crippen LogP) is 2.76. The molecule has 3 heteroatoms. The second kappa shape index (κ2) is 7.77. The predicted molar refractivity (Wildman–Crippen MR) is 84.1 cm³/mol. The van der Waals surface area contributed by atoms with Crippen LogP contribution in [-0.2, 0) is 4.74 Å². The summed E-state index contributed by atoms with van der Waals surface area (Å²) >= 11 is 0. The fourth-order valence-electron chi connectivity index (χ4n) is 2.91. The average molecular weight is 276 g/mol. The molecular formula is C17H28N2O. The molecule has 0 aromatic heterocycles. The van der Waals surface area contributed by atoms with Crippen molar-refractivity contribution in [3.63, 3.8) is 0 Å². The summed E-state index contributed by atoms with van der Waals surface area (Å²) in [6, 6.07) is 9.29. The second-order valence-electron chi connectivity index (χ2n) is 5.83. The minimum atomic E-state index is 0.416. The summed E-state index contributed by atoms with van der Waals surface area (Å²) < 4.78 is 5.47. The van der Waals surface area contributed by atoms with Gasteiger partial charge in [0.05, 0.1) is 6.10 Å². The van der Waals surface area contributed by atoms with Gasteiger partial charge in [-0.2, -0.15) is 0 Å². The maximum atomic E-state index is 5.47. The maximum absolute atomic E-state index is 5.47. The molecule has 0 radical (unpaired) electrons. The van der Waals surface area contributed by atoms with Crippen LogP contribution in [0, 0.1) is 6.92 Å². The van der Waals surface area contributed by atoms with Crippen molar-refractivity contribution in [1.82, 2.24) is 10.2 Å². The smallest absolute Gasteiger partial charge is 0.0710 e. The lowest BCUT2D eigenvalue weighted by Crippen LogP contribution is -2.35. The Morgan fingerprint density at radius 3 is 2.95 bits per heavy atom. The fourth-order valence-corrected chi connectivity index (χ4v) is 2.91. The first-order chi connectivity index (χ1) is 9.72. The molecule has 1 aromatic carbocycles. The first-order valence-corrected chi connectivity index (χ1v) is 7.78. The summed E-state index contributed by atoms with van der Waals surface area (Å²) in [6.45, 7) is 8.74. The molecule has 0 saturated carbocycles. The Bertz CT molecular complexity index is 408. The number of aryl methyl sites for hydroxylation is 1. The zero-order chi connectivity index (χ0) is 14.4. The molecule has 1 aromatic rings. The summed E-state index contributed by atoms with van der Waals surface area (Å²) in [6.07, 6.45) is 2.74. The Hall–Kier alpha value is -0.900. The molecule has 2 rings (SSSR count). The summed E-state index contributed by atoms with van der Waals surface area (Å²) in [5.41, 5.74) is 2.74. The SMILES string of the molecule is CCCNC(CN1CCC(OC)C1)c1cccc(C)c1. The van der Waals surface area contributed by atoms with E-state index in [0.29, 0.717) is 12.1 Å². The molecule has 0 amide bonds. The normalized spacial score (nSPS) is 21.2. The Kier molecular flexibility index (Phi) is 6.02. The van der Waals surface area contributed by atoms with E-state index in [0.717, 1.165) is 32.6 Å². The van der Waals surface area contributed by atoms with Gasteiger partial charge in [-0.05, 0) is 31.9 Å². The number of ether oxygens (including phenoxy) is 1. The molecule has 0 spiro atoms. The van der Waals surface area contributed by atoms with Gasteiger partial charge < -0.3 is 10.1 Å². The lowest BCUT2D eigenvalue weighted by atomic mass is 10.0. The summed E-state index contributed by atoms with van der Waals surface area (Å²) in [4.78, 5) is 2.52. The van der Waals surface area contributed by atoms with Crippen LogP contribution in [0.5, 0.6) is 0 Å². The highest BCUT2D eigenvalue weighted by Gasteiger charge is 2.24. The number of rotatable bonds is 7. The van der Waals surface area contributed by atoms with Crippen LogP contribution in [0.3, 0.4) is 0 Å². The highest BCUT2D eigenvalue weighted by molar-refractivity contribution is 5.25. The molecule has 3 nitrogen and oxygen atoms in total. The molecule has 1 aliphatic heterocycles. The number of nitrogens with zero attached hydrogens (tertiary/aromatic N) is 1. The third kappa shape index (κ3) is 4.30. The van der Waals surface area contributed by atoms with Crippen LogP contribution in [0.25, 0.3) is 0 Å². The zero-order valence-corrected chi connectivity index (χ0v) is 13.1. The van der Waals surface area contributed by atoms with Gasteiger partial charge in [-0.15, -0.1) is 0 Å².